The number of ether oxygens (including phenoxy) is 3. The molecule has 0 N–H and O–H groups in total. The third kappa shape index (κ3) is 5.16. The number of rotatable bonds is 7. The molecule has 0 bridgehead atoms. The highest BCUT2D eigenvalue weighted by Gasteiger charge is 2.31. The molecule has 0 amide bonds. The predicted molar refractivity (Wildman–Crippen MR) is 132 cm³/mol. The van der Waals surface area contributed by atoms with Crippen molar-refractivity contribution in [3.63, 3.8) is 0 Å². The van der Waals surface area contributed by atoms with Gasteiger partial charge in [0, 0.05) is 10.6 Å². The molecule has 9 heteroatoms. The Labute approximate surface area is 211 Å². The van der Waals surface area contributed by atoms with Crippen LogP contribution in [0.3, 0.4) is 0 Å². The summed E-state index contributed by atoms with van der Waals surface area (Å²) < 4.78 is 17.1. The fraction of sp³-hybridized carbons (Fsp3) is 0.115. The molecule has 0 atom stereocenters. The third-order valence-electron chi connectivity index (χ3n) is 5.17. The number of esters is 2. The summed E-state index contributed by atoms with van der Waals surface area (Å²) in [4.78, 5) is 25.5. The van der Waals surface area contributed by atoms with Crippen molar-refractivity contribution in [2.75, 3.05) is 14.2 Å². The molecule has 4 rings (SSSR count). The second-order valence-electron chi connectivity index (χ2n) is 7.36. The maximum Gasteiger partial charge on any atom is 0.357 e. The fourth-order valence-electron chi connectivity index (χ4n) is 3.46. The fourth-order valence-corrected chi connectivity index (χ4v) is 3.82. The number of aromatic nitrogens is 2. The molecule has 0 unspecified atom stereocenters. The molecule has 35 heavy (non-hydrogen) atoms. The molecule has 0 aliphatic heterocycles. The third-order valence-corrected chi connectivity index (χ3v) is 5.71. The Balaban J connectivity index is 1.76. The lowest BCUT2D eigenvalue weighted by Crippen LogP contribution is -2.15. The zero-order chi connectivity index (χ0) is 24.9. The molecular formula is C26H20Cl2N2O5. The van der Waals surface area contributed by atoms with Crippen molar-refractivity contribution >= 4 is 35.1 Å². The van der Waals surface area contributed by atoms with E-state index < -0.39 is 11.9 Å². The summed E-state index contributed by atoms with van der Waals surface area (Å²) in [5, 5.41) is 5.51. The Morgan fingerprint density at radius 1 is 0.886 bits per heavy atom. The van der Waals surface area contributed by atoms with Crippen LogP contribution < -0.4 is 4.74 Å². The van der Waals surface area contributed by atoms with Crippen molar-refractivity contribution in [2.45, 2.75) is 6.61 Å². The Kier molecular flexibility index (Phi) is 7.39. The zero-order valence-electron chi connectivity index (χ0n) is 18.8. The number of carbonyl (C=O) groups excluding carboxylic acids is 2. The standard InChI is InChI=1S/C26H20Cl2N2O5/c1-33-25(31)22-23(29-30(24(22)26(32)34-2)19-6-4-3-5-7-19)17-10-13-21(20(28)14-17)35-15-16-8-11-18(27)12-9-16/h3-14H,15H2,1-2H3. The Morgan fingerprint density at radius 3 is 2.20 bits per heavy atom. The lowest BCUT2D eigenvalue weighted by atomic mass is 10.1. The van der Waals surface area contributed by atoms with E-state index in [2.05, 4.69) is 5.10 Å². The minimum absolute atomic E-state index is 0.0332. The number of carbonyl (C=O) groups is 2. The van der Waals surface area contributed by atoms with Gasteiger partial charge in [-0.3, -0.25) is 0 Å². The van der Waals surface area contributed by atoms with E-state index in [1.54, 1.807) is 54.6 Å². The van der Waals surface area contributed by atoms with Crippen molar-refractivity contribution < 1.29 is 23.8 Å². The van der Waals surface area contributed by atoms with Crippen molar-refractivity contribution in [3.8, 4) is 22.7 Å². The van der Waals surface area contributed by atoms with Gasteiger partial charge in [0.25, 0.3) is 0 Å². The van der Waals surface area contributed by atoms with Crippen LogP contribution in [0, 0.1) is 0 Å². The normalized spacial score (nSPS) is 10.6. The minimum atomic E-state index is -0.734. The summed E-state index contributed by atoms with van der Waals surface area (Å²) in [6, 6.07) is 21.2. The molecule has 0 aliphatic rings. The van der Waals surface area contributed by atoms with E-state index in [0.29, 0.717) is 33.7 Å². The van der Waals surface area contributed by atoms with Gasteiger partial charge in [-0.05, 0) is 48.0 Å². The average molecular weight is 511 g/mol. The zero-order valence-corrected chi connectivity index (χ0v) is 20.3. The number of para-hydroxylation sites is 1. The quantitative estimate of drug-likeness (QED) is 0.283. The van der Waals surface area contributed by atoms with Gasteiger partial charge in [-0.2, -0.15) is 5.10 Å². The largest absolute Gasteiger partial charge is 0.487 e. The second-order valence-corrected chi connectivity index (χ2v) is 8.21. The molecule has 0 radical (unpaired) electrons. The number of hydrogen-bond acceptors (Lipinski definition) is 6. The highest BCUT2D eigenvalue weighted by molar-refractivity contribution is 6.32. The maximum absolute atomic E-state index is 12.8. The van der Waals surface area contributed by atoms with Crippen molar-refractivity contribution in [1.29, 1.82) is 0 Å². The van der Waals surface area contributed by atoms with E-state index in [0.717, 1.165) is 5.56 Å². The van der Waals surface area contributed by atoms with Gasteiger partial charge in [0.1, 0.15) is 23.6 Å². The summed E-state index contributed by atoms with van der Waals surface area (Å²) in [5.74, 6) is -1.02. The van der Waals surface area contributed by atoms with Crippen molar-refractivity contribution in [3.05, 3.63) is 99.7 Å². The van der Waals surface area contributed by atoms with Crippen LogP contribution in [0.25, 0.3) is 16.9 Å². The molecule has 4 aromatic rings. The monoisotopic (exact) mass is 510 g/mol. The van der Waals surface area contributed by atoms with E-state index in [1.807, 2.05) is 18.2 Å². The number of methoxy groups -OCH3 is 2. The number of hydrogen-bond donors (Lipinski definition) is 0. The minimum Gasteiger partial charge on any atom is -0.487 e. The van der Waals surface area contributed by atoms with Gasteiger partial charge in [-0.25, -0.2) is 14.3 Å². The van der Waals surface area contributed by atoms with E-state index in [4.69, 9.17) is 37.4 Å². The maximum atomic E-state index is 12.8. The topological polar surface area (TPSA) is 79.7 Å². The van der Waals surface area contributed by atoms with Crippen molar-refractivity contribution in [2.24, 2.45) is 0 Å². The summed E-state index contributed by atoms with van der Waals surface area (Å²) in [6.07, 6.45) is 0. The summed E-state index contributed by atoms with van der Waals surface area (Å²) in [7, 11) is 2.46. The lowest BCUT2D eigenvalue weighted by Gasteiger charge is -2.10. The van der Waals surface area contributed by atoms with E-state index >= 15 is 0 Å². The first-order valence-electron chi connectivity index (χ1n) is 10.4. The molecule has 0 aliphatic carbocycles. The van der Waals surface area contributed by atoms with Gasteiger partial charge < -0.3 is 14.2 Å². The van der Waals surface area contributed by atoms with Gasteiger partial charge in [0.05, 0.1) is 24.9 Å². The molecule has 0 saturated heterocycles. The van der Waals surface area contributed by atoms with Gasteiger partial charge in [0.2, 0.25) is 0 Å². The van der Waals surface area contributed by atoms with E-state index in [-0.39, 0.29) is 17.0 Å². The van der Waals surface area contributed by atoms with Crippen LogP contribution in [0.15, 0.2) is 72.8 Å². The van der Waals surface area contributed by atoms with Gasteiger partial charge in [-0.1, -0.05) is 53.5 Å². The number of halogens is 2. The van der Waals surface area contributed by atoms with E-state index in [1.165, 1.54) is 18.9 Å². The first kappa shape index (κ1) is 24.3. The van der Waals surface area contributed by atoms with Crippen LogP contribution in [-0.2, 0) is 16.1 Å². The molecule has 0 saturated carbocycles. The summed E-state index contributed by atoms with van der Waals surface area (Å²) in [6.45, 7) is 0.290. The van der Waals surface area contributed by atoms with Gasteiger partial charge >= 0.3 is 11.9 Å². The highest BCUT2D eigenvalue weighted by atomic mass is 35.5. The Morgan fingerprint density at radius 2 is 1.57 bits per heavy atom. The lowest BCUT2D eigenvalue weighted by molar-refractivity contribution is 0.0549. The summed E-state index contributed by atoms with van der Waals surface area (Å²) >= 11 is 12.4. The Bertz CT molecular complexity index is 1370. The molecule has 7 nitrogen and oxygen atoms in total. The van der Waals surface area contributed by atoms with Crippen LogP contribution in [0.1, 0.15) is 26.4 Å². The molecule has 1 heterocycles. The molecule has 0 spiro atoms. The van der Waals surface area contributed by atoms with Crippen LogP contribution >= 0.6 is 23.2 Å². The van der Waals surface area contributed by atoms with Gasteiger partial charge in [0.15, 0.2) is 5.69 Å². The summed E-state index contributed by atoms with van der Waals surface area (Å²) in [5.41, 5.74) is 2.11. The van der Waals surface area contributed by atoms with E-state index in [9.17, 15) is 9.59 Å². The van der Waals surface area contributed by atoms with Crippen LogP contribution in [0.4, 0.5) is 0 Å². The first-order valence-corrected chi connectivity index (χ1v) is 11.2. The van der Waals surface area contributed by atoms with Crippen LogP contribution in [0.5, 0.6) is 5.75 Å². The van der Waals surface area contributed by atoms with Crippen molar-refractivity contribution in [1.82, 2.24) is 9.78 Å². The first-order chi connectivity index (χ1) is 16.9. The van der Waals surface area contributed by atoms with Crippen LogP contribution in [-0.4, -0.2) is 35.9 Å². The SMILES string of the molecule is COC(=O)c1c(-c2ccc(OCc3ccc(Cl)cc3)c(Cl)c2)nn(-c2ccccc2)c1C(=O)OC. The van der Waals surface area contributed by atoms with Crippen LogP contribution in [0.2, 0.25) is 10.0 Å². The number of nitrogens with zero attached hydrogens (tertiary/aromatic N) is 2. The molecule has 0 fully saturated rings. The predicted octanol–water partition coefficient (Wildman–Crippen LogP) is 6.00. The molecular weight excluding hydrogens is 491 g/mol. The molecule has 178 valence electrons. The smallest absolute Gasteiger partial charge is 0.357 e. The molecule has 1 aromatic heterocycles. The molecule has 3 aromatic carbocycles. The highest BCUT2D eigenvalue weighted by Crippen LogP contribution is 2.34. The second kappa shape index (κ2) is 10.6. The average Bonchev–Trinajstić information content (AvgIpc) is 3.29. The Hall–Kier alpha value is -3.81. The van der Waals surface area contributed by atoms with Gasteiger partial charge in [-0.15, -0.1) is 0 Å². The number of benzene rings is 3.